The number of anilines is 1. The Balaban J connectivity index is 2.18. The number of hydrogen-bond acceptors (Lipinski definition) is 2. The van der Waals surface area contributed by atoms with Crippen LogP contribution in [0.5, 0.6) is 0 Å². The molecule has 1 unspecified atom stereocenters. The molecule has 0 amide bonds. The highest BCUT2D eigenvalue weighted by atomic mass is 79.9. The Morgan fingerprint density at radius 3 is 2.56 bits per heavy atom. The largest absolute Gasteiger partial charge is 0.378 e. The van der Waals surface area contributed by atoms with Gasteiger partial charge in [0, 0.05) is 26.0 Å². The number of hydrogen-bond donors (Lipinski definition) is 1. The Morgan fingerprint density at radius 2 is 2.00 bits per heavy atom. The monoisotopic (exact) mass is 343 g/mol. The van der Waals surface area contributed by atoms with Crippen LogP contribution in [0.15, 0.2) is 28.7 Å². The van der Waals surface area contributed by atoms with Crippen LogP contribution in [0.2, 0.25) is 5.02 Å². The van der Waals surface area contributed by atoms with E-state index in [4.69, 9.17) is 11.6 Å². The number of benzene rings is 1. The molecule has 0 radical (unpaired) electrons. The molecule has 2 aromatic rings. The van der Waals surface area contributed by atoms with Gasteiger partial charge >= 0.3 is 0 Å². The minimum Gasteiger partial charge on any atom is -0.378 e. The maximum Gasteiger partial charge on any atom is 0.0549 e. The predicted molar refractivity (Wildman–Crippen MR) is 85.0 cm³/mol. The fraction of sp³-hybridized carbons (Fsp3) is 0.286. The predicted octanol–water partition coefficient (Wildman–Crippen LogP) is 5.95. The fourth-order valence-electron chi connectivity index (χ4n) is 1.99. The van der Waals surface area contributed by atoms with Crippen LogP contribution in [0.1, 0.15) is 28.3 Å². The van der Waals surface area contributed by atoms with Gasteiger partial charge < -0.3 is 5.32 Å². The first-order valence-electron chi connectivity index (χ1n) is 5.76. The van der Waals surface area contributed by atoms with Crippen LogP contribution in [0.25, 0.3) is 0 Å². The highest BCUT2D eigenvalue weighted by molar-refractivity contribution is 9.10. The van der Waals surface area contributed by atoms with Crippen LogP contribution >= 0.6 is 38.9 Å². The van der Waals surface area contributed by atoms with E-state index in [2.05, 4.69) is 48.1 Å². The molecule has 96 valence electrons. The van der Waals surface area contributed by atoms with Crippen molar-refractivity contribution in [3.8, 4) is 0 Å². The zero-order valence-corrected chi connectivity index (χ0v) is 13.7. The van der Waals surface area contributed by atoms with Crippen molar-refractivity contribution < 1.29 is 0 Å². The zero-order valence-electron chi connectivity index (χ0n) is 10.6. The van der Waals surface area contributed by atoms with Gasteiger partial charge in [-0.25, -0.2) is 0 Å². The highest BCUT2D eigenvalue weighted by Gasteiger charge is 2.11. The van der Waals surface area contributed by atoms with E-state index in [1.165, 1.54) is 15.3 Å². The first-order valence-corrected chi connectivity index (χ1v) is 7.74. The summed E-state index contributed by atoms with van der Waals surface area (Å²) in [6.45, 7) is 6.49. The SMILES string of the molecule is Cc1cc(C(C)Nc2ccc(Cl)c(Br)c2)c(C)s1. The lowest BCUT2D eigenvalue weighted by atomic mass is 10.1. The Kier molecular flexibility index (Phi) is 4.36. The smallest absolute Gasteiger partial charge is 0.0549 e. The van der Waals surface area contributed by atoms with Crippen molar-refractivity contribution >= 4 is 44.6 Å². The van der Waals surface area contributed by atoms with Gasteiger partial charge in [0.1, 0.15) is 0 Å². The molecule has 2 rings (SSSR count). The first-order chi connectivity index (χ1) is 8.47. The second-order valence-corrected chi connectivity index (χ2v) is 7.09. The number of aryl methyl sites for hydroxylation is 2. The van der Waals surface area contributed by atoms with Crippen LogP contribution in [-0.4, -0.2) is 0 Å². The van der Waals surface area contributed by atoms with Crippen molar-refractivity contribution in [1.82, 2.24) is 0 Å². The van der Waals surface area contributed by atoms with Crippen molar-refractivity contribution in [1.29, 1.82) is 0 Å². The molecule has 0 aliphatic carbocycles. The summed E-state index contributed by atoms with van der Waals surface area (Å²) in [6, 6.07) is 8.45. The van der Waals surface area contributed by atoms with E-state index < -0.39 is 0 Å². The molecule has 1 N–H and O–H groups in total. The fourth-order valence-corrected chi connectivity index (χ4v) is 3.51. The standard InChI is InChI=1S/C14H15BrClNS/c1-8-6-12(10(3)18-8)9(2)17-11-4-5-14(16)13(15)7-11/h4-7,9,17H,1-3H3. The summed E-state index contributed by atoms with van der Waals surface area (Å²) in [6.07, 6.45) is 0. The van der Waals surface area contributed by atoms with Gasteiger partial charge in [0.05, 0.1) is 5.02 Å². The Hall–Kier alpha value is -0.510. The second kappa shape index (κ2) is 5.64. The number of nitrogens with one attached hydrogen (secondary N) is 1. The van der Waals surface area contributed by atoms with Gasteiger partial charge in [-0.1, -0.05) is 11.6 Å². The summed E-state index contributed by atoms with van der Waals surface area (Å²) < 4.78 is 0.916. The maximum atomic E-state index is 5.99. The third kappa shape index (κ3) is 3.08. The van der Waals surface area contributed by atoms with Gasteiger partial charge in [-0.05, 0) is 66.5 Å². The van der Waals surface area contributed by atoms with Crippen molar-refractivity contribution in [3.05, 3.63) is 49.1 Å². The molecule has 0 saturated carbocycles. The van der Waals surface area contributed by atoms with Crippen LogP contribution in [-0.2, 0) is 0 Å². The average Bonchev–Trinajstić information content (AvgIpc) is 2.63. The van der Waals surface area contributed by atoms with Crippen molar-refractivity contribution in [3.63, 3.8) is 0 Å². The molecule has 0 spiro atoms. The van der Waals surface area contributed by atoms with Crippen molar-refractivity contribution in [2.45, 2.75) is 26.8 Å². The van der Waals surface area contributed by atoms with E-state index >= 15 is 0 Å². The Labute approximate surface area is 125 Å². The molecule has 1 heterocycles. The summed E-state index contributed by atoms with van der Waals surface area (Å²) in [7, 11) is 0. The second-order valence-electron chi connectivity index (χ2n) is 4.36. The van der Waals surface area contributed by atoms with Crippen LogP contribution in [0.4, 0.5) is 5.69 Å². The summed E-state index contributed by atoms with van der Waals surface area (Å²) in [5.41, 5.74) is 2.44. The minimum atomic E-state index is 0.294. The lowest BCUT2D eigenvalue weighted by molar-refractivity contribution is 0.881. The molecule has 1 atom stereocenters. The molecule has 1 nitrogen and oxygen atoms in total. The molecule has 1 aromatic carbocycles. The Morgan fingerprint density at radius 1 is 1.28 bits per heavy atom. The van der Waals surface area contributed by atoms with E-state index in [9.17, 15) is 0 Å². The topological polar surface area (TPSA) is 12.0 Å². The molecular weight excluding hydrogens is 330 g/mol. The quantitative estimate of drug-likeness (QED) is 0.725. The number of thiophene rings is 1. The van der Waals surface area contributed by atoms with Gasteiger partial charge in [-0.3, -0.25) is 0 Å². The zero-order chi connectivity index (χ0) is 13.3. The molecule has 1 aromatic heterocycles. The van der Waals surface area contributed by atoms with Gasteiger partial charge in [0.15, 0.2) is 0 Å². The van der Waals surface area contributed by atoms with Crippen molar-refractivity contribution in [2.75, 3.05) is 5.32 Å². The van der Waals surface area contributed by atoms with E-state index in [0.717, 1.165) is 15.2 Å². The summed E-state index contributed by atoms with van der Waals surface area (Å²) in [5, 5.41) is 4.23. The third-order valence-corrected chi connectivity index (χ3v) is 5.04. The first kappa shape index (κ1) is 13.9. The minimum absolute atomic E-state index is 0.294. The van der Waals surface area contributed by atoms with Crippen molar-refractivity contribution in [2.24, 2.45) is 0 Å². The lowest BCUT2D eigenvalue weighted by Gasteiger charge is -2.16. The Bertz CT molecular complexity index is 565. The molecule has 0 aliphatic rings. The maximum absolute atomic E-state index is 5.99. The van der Waals surface area contributed by atoms with E-state index in [0.29, 0.717) is 6.04 Å². The van der Waals surface area contributed by atoms with Gasteiger partial charge in [-0.15, -0.1) is 11.3 Å². The summed E-state index contributed by atoms with van der Waals surface area (Å²) in [5.74, 6) is 0. The normalized spacial score (nSPS) is 12.5. The van der Waals surface area contributed by atoms with E-state index in [-0.39, 0.29) is 0 Å². The molecule has 0 fully saturated rings. The molecule has 18 heavy (non-hydrogen) atoms. The van der Waals surface area contributed by atoms with E-state index in [1.54, 1.807) is 0 Å². The summed E-state index contributed by atoms with van der Waals surface area (Å²) >= 11 is 11.3. The molecule has 0 saturated heterocycles. The van der Waals surface area contributed by atoms with Gasteiger partial charge in [0.2, 0.25) is 0 Å². The highest BCUT2D eigenvalue weighted by Crippen LogP contribution is 2.31. The van der Waals surface area contributed by atoms with Crippen LogP contribution < -0.4 is 5.32 Å². The molecule has 0 bridgehead atoms. The van der Waals surface area contributed by atoms with E-state index in [1.807, 2.05) is 29.5 Å². The number of halogens is 2. The molecule has 0 aliphatic heterocycles. The average molecular weight is 345 g/mol. The lowest BCUT2D eigenvalue weighted by Crippen LogP contribution is -2.06. The van der Waals surface area contributed by atoms with Gasteiger partial charge in [0.25, 0.3) is 0 Å². The number of rotatable bonds is 3. The van der Waals surface area contributed by atoms with Crippen LogP contribution in [0.3, 0.4) is 0 Å². The molecule has 4 heteroatoms. The summed E-state index contributed by atoms with van der Waals surface area (Å²) in [4.78, 5) is 2.73. The third-order valence-electron chi connectivity index (χ3n) is 2.85. The molecular formula is C14H15BrClNS. The van der Waals surface area contributed by atoms with Gasteiger partial charge in [-0.2, -0.15) is 0 Å². The van der Waals surface area contributed by atoms with Crippen LogP contribution in [0, 0.1) is 13.8 Å².